The summed E-state index contributed by atoms with van der Waals surface area (Å²) in [5.74, 6) is -1.33. The third kappa shape index (κ3) is 16.9. The van der Waals surface area contributed by atoms with E-state index in [9.17, 15) is 32.4 Å². The average molecular weight is 1340 g/mol. The number of nitrogens with zero attached hydrogens (tertiary/aromatic N) is 7. The van der Waals surface area contributed by atoms with Gasteiger partial charge in [-0.05, 0) is 114 Å². The molecule has 10 rings (SSSR count). The van der Waals surface area contributed by atoms with Gasteiger partial charge in [0.2, 0.25) is 35.0 Å². The summed E-state index contributed by atoms with van der Waals surface area (Å²) in [6, 6.07) is 36.3. The van der Waals surface area contributed by atoms with Crippen LogP contribution in [0.4, 0.5) is 0 Å². The van der Waals surface area contributed by atoms with Crippen molar-refractivity contribution in [2.45, 2.75) is 46.4 Å². The van der Waals surface area contributed by atoms with Gasteiger partial charge in [-0.1, -0.05) is 147 Å². The number of ether oxygens (including phenoxy) is 2. The molecule has 460 valence electrons. The SMILES string of the molecule is Cc1ccc(C(=O)COc2c(C(=O)c3ccc(Cl)c(C)c3Cl)c(C)nn2C)cc1.Cc1ccc(S(=O)(=O)Oc2c(C(=O)c3ccc(Cl)cc3Cl)c(C)nn2C)cc1.Cc1nn(C)c(OCC(=O)c2ccccc2)c1C(=O)c1ccc(Cl)cc1Cl.c1cn[nH]c1. The van der Waals surface area contributed by atoms with Crippen molar-refractivity contribution in [1.82, 2.24) is 39.5 Å². The number of halogens is 6. The molecule has 0 aliphatic carbocycles. The van der Waals surface area contributed by atoms with Crippen LogP contribution in [0.25, 0.3) is 0 Å². The fraction of sp³-hybridized carbons (Fsp3) is 0.172. The number of carbonyl (C=O) groups is 5. The van der Waals surface area contributed by atoms with E-state index in [1.807, 2.05) is 38.1 Å². The Morgan fingerprint density at radius 2 is 0.899 bits per heavy atom. The fourth-order valence-electron chi connectivity index (χ4n) is 8.58. The van der Waals surface area contributed by atoms with E-state index in [4.69, 9.17) is 83.3 Å². The van der Waals surface area contributed by atoms with Gasteiger partial charge in [0.1, 0.15) is 21.6 Å². The highest BCUT2D eigenvalue weighted by Gasteiger charge is 2.31. The molecule has 0 spiro atoms. The molecule has 0 aliphatic rings. The molecule has 0 bridgehead atoms. The average Bonchev–Trinajstić information content (AvgIpc) is 1.81. The van der Waals surface area contributed by atoms with Crippen LogP contribution in [-0.2, 0) is 31.3 Å². The first-order valence-corrected chi connectivity index (χ1v) is 30.3. The van der Waals surface area contributed by atoms with Crippen molar-refractivity contribution in [3.05, 3.63) is 254 Å². The molecule has 0 unspecified atom stereocenters. The summed E-state index contributed by atoms with van der Waals surface area (Å²) in [5, 5.41) is 20.8. The van der Waals surface area contributed by atoms with Crippen molar-refractivity contribution in [3.8, 4) is 17.6 Å². The Labute approximate surface area is 543 Å². The number of hydrogen-bond acceptors (Lipinski definition) is 14. The molecule has 18 nitrogen and oxygen atoms in total. The van der Waals surface area contributed by atoms with Gasteiger partial charge in [0.25, 0.3) is 0 Å². The number of ketones is 5. The predicted octanol–water partition coefficient (Wildman–Crippen LogP) is 14.4. The molecular weight excluding hydrogens is 1290 g/mol. The number of aryl methyl sites for hydroxylation is 8. The maximum absolute atomic E-state index is 13.2. The minimum atomic E-state index is -4.16. The number of hydrogen-bond donors (Lipinski definition) is 1. The molecule has 10 aromatic rings. The Hall–Kier alpha value is -8.40. The number of H-pyrrole nitrogens is 1. The van der Waals surface area contributed by atoms with Crippen LogP contribution >= 0.6 is 69.6 Å². The molecule has 1 N–H and O–H groups in total. The first-order chi connectivity index (χ1) is 42.2. The highest BCUT2D eigenvalue weighted by atomic mass is 35.5. The van der Waals surface area contributed by atoms with Crippen molar-refractivity contribution in [2.24, 2.45) is 21.1 Å². The van der Waals surface area contributed by atoms with Crippen LogP contribution in [0.5, 0.6) is 17.6 Å². The molecule has 25 heteroatoms. The standard InChI is InChI=1S/C22H20Cl2N2O3.C20H16Cl2N2O3.C19H16Cl2N2O4S.C3H4N2/c1-12-5-7-15(8-6-12)18(27)11-29-22-19(14(3)25-26(22)4)21(28)16-9-10-17(23)13(2)20(16)24;1-12-18(19(26)15-9-8-14(21)10-16(15)22)20(24(2)23-12)27-11-17(25)13-6-4-3-5-7-13;1-11-4-7-14(8-5-11)28(25,26)27-19-17(12(2)22-23(19)3)18(24)15-9-6-13(20)10-16(15)21;1-2-4-5-3-1/h5-10H,11H2,1-4H3;3-10H,11H2,1-2H3;4-10H,1-3H3;1-3H,(H,4,5). The number of carbonyl (C=O) groups excluding carboxylic acids is 5. The minimum absolute atomic E-state index is 0.0161. The van der Waals surface area contributed by atoms with Crippen molar-refractivity contribution < 1.29 is 46.0 Å². The summed E-state index contributed by atoms with van der Waals surface area (Å²) in [4.78, 5) is 64.0. The van der Waals surface area contributed by atoms with Gasteiger partial charge in [-0.2, -0.15) is 28.8 Å². The lowest BCUT2D eigenvalue weighted by Gasteiger charge is -2.11. The predicted molar refractivity (Wildman–Crippen MR) is 343 cm³/mol. The smallest absolute Gasteiger partial charge is 0.340 e. The van der Waals surface area contributed by atoms with Gasteiger partial charge in [-0.25, -0.2) is 14.0 Å². The van der Waals surface area contributed by atoms with Gasteiger partial charge in [0, 0.05) is 76.4 Å². The van der Waals surface area contributed by atoms with Crippen LogP contribution in [0, 0.1) is 41.5 Å². The molecule has 0 radical (unpaired) electrons. The van der Waals surface area contributed by atoms with E-state index >= 15 is 0 Å². The molecule has 0 saturated carbocycles. The maximum atomic E-state index is 13.2. The molecule has 0 atom stereocenters. The molecule has 4 heterocycles. The van der Waals surface area contributed by atoms with Crippen LogP contribution in [-0.4, -0.2) is 90.1 Å². The van der Waals surface area contributed by atoms with Crippen LogP contribution in [0.15, 0.2) is 151 Å². The van der Waals surface area contributed by atoms with E-state index < -0.39 is 15.9 Å². The van der Waals surface area contributed by atoms with Crippen molar-refractivity contribution in [1.29, 1.82) is 0 Å². The van der Waals surface area contributed by atoms with Crippen molar-refractivity contribution >= 4 is 109 Å². The Morgan fingerprint density at radius 1 is 0.483 bits per heavy atom. The number of aromatic amines is 1. The lowest BCUT2D eigenvalue weighted by molar-refractivity contribution is 0.0904. The molecule has 89 heavy (non-hydrogen) atoms. The van der Waals surface area contributed by atoms with Crippen LogP contribution in [0.1, 0.15) is 102 Å². The highest BCUT2D eigenvalue weighted by molar-refractivity contribution is 7.87. The zero-order chi connectivity index (χ0) is 65.0. The molecule has 0 amide bonds. The third-order valence-corrected chi connectivity index (χ3v) is 16.4. The van der Waals surface area contributed by atoms with E-state index in [0.717, 1.165) is 11.1 Å². The Balaban J connectivity index is 0.000000182. The van der Waals surface area contributed by atoms with E-state index in [1.54, 1.807) is 127 Å². The molecule has 0 aliphatic heterocycles. The van der Waals surface area contributed by atoms with E-state index in [1.165, 1.54) is 57.5 Å². The lowest BCUT2D eigenvalue weighted by atomic mass is 10.0. The molecule has 0 saturated heterocycles. The largest absolute Gasteiger partial charge is 0.469 e. The van der Waals surface area contributed by atoms with Crippen molar-refractivity contribution in [2.75, 3.05) is 13.2 Å². The minimum Gasteiger partial charge on any atom is -0.469 e. The molecule has 6 aromatic carbocycles. The van der Waals surface area contributed by atoms with Gasteiger partial charge in [0.05, 0.1) is 32.1 Å². The first-order valence-electron chi connectivity index (χ1n) is 26.7. The van der Waals surface area contributed by atoms with Gasteiger partial charge in [-0.3, -0.25) is 29.1 Å². The number of aromatic nitrogens is 8. The van der Waals surface area contributed by atoms with E-state index in [-0.39, 0.29) is 102 Å². The topological polar surface area (TPSA) is 229 Å². The van der Waals surface area contributed by atoms with Gasteiger partial charge >= 0.3 is 10.1 Å². The second kappa shape index (κ2) is 30.2. The number of Topliss-reactive ketones (excluding diaryl/α,β-unsaturated/α-hetero) is 2. The normalized spacial score (nSPS) is 10.8. The highest BCUT2D eigenvalue weighted by Crippen LogP contribution is 2.35. The van der Waals surface area contributed by atoms with E-state index in [0.29, 0.717) is 54.4 Å². The number of rotatable bonds is 17. The summed E-state index contributed by atoms with van der Waals surface area (Å²) in [7, 11) is 0.637. The Bertz CT molecular complexity index is 4340. The molecular formula is C64H56Cl6N8O10S. The second-order valence-electron chi connectivity index (χ2n) is 19.7. The van der Waals surface area contributed by atoms with E-state index in [2.05, 4.69) is 25.5 Å². The van der Waals surface area contributed by atoms with Gasteiger partial charge < -0.3 is 13.7 Å². The second-order valence-corrected chi connectivity index (χ2v) is 23.7. The van der Waals surface area contributed by atoms with Crippen molar-refractivity contribution in [3.63, 3.8) is 0 Å². The van der Waals surface area contributed by atoms with Gasteiger partial charge in [0.15, 0.2) is 24.8 Å². The number of benzene rings is 6. The lowest BCUT2D eigenvalue weighted by Crippen LogP contribution is -2.15. The first kappa shape index (κ1) is 68.1. The van der Waals surface area contributed by atoms with Crippen LogP contribution < -0.4 is 13.7 Å². The quantitative estimate of drug-likeness (QED) is 0.0660. The molecule has 0 fully saturated rings. The summed E-state index contributed by atoms with van der Waals surface area (Å²) >= 11 is 36.5. The third-order valence-electron chi connectivity index (χ3n) is 13.2. The summed E-state index contributed by atoms with van der Waals surface area (Å²) in [5.41, 5.74) is 6.26. The fourth-order valence-corrected chi connectivity index (χ4v) is 11.0. The summed E-state index contributed by atoms with van der Waals surface area (Å²) in [6.45, 7) is 10.1. The maximum Gasteiger partial charge on any atom is 0.340 e. The Kier molecular flexibility index (Phi) is 23.1. The van der Waals surface area contributed by atoms with Crippen LogP contribution in [0.3, 0.4) is 0 Å². The zero-order valence-corrected chi connectivity index (χ0v) is 54.5. The number of nitrogens with one attached hydrogen (secondary N) is 1. The van der Waals surface area contributed by atoms with Crippen LogP contribution in [0.2, 0.25) is 30.1 Å². The Morgan fingerprint density at radius 3 is 1.33 bits per heavy atom. The zero-order valence-electron chi connectivity index (χ0n) is 49.2. The monoisotopic (exact) mass is 1340 g/mol. The molecule has 4 aromatic heterocycles. The summed E-state index contributed by atoms with van der Waals surface area (Å²) in [6.07, 6.45) is 3.46. The van der Waals surface area contributed by atoms with Gasteiger partial charge in [-0.15, -0.1) is 0 Å². The summed E-state index contributed by atoms with van der Waals surface area (Å²) < 4.78 is 46.2.